The molecule has 2 saturated heterocycles. The van der Waals surface area contributed by atoms with Crippen molar-refractivity contribution < 1.29 is 13.9 Å². The van der Waals surface area contributed by atoms with E-state index in [1.165, 1.54) is 11.8 Å². The number of morpholine rings is 1. The maximum Gasteiger partial charge on any atom is 0.267 e. The Hall–Kier alpha value is -1.15. The molecule has 1 aromatic rings. The van der Waals surface area contributed by atoms with E-state index >= 15 is 0 Å². The number of thioether (sulfide) groups is 1. The SMILES string of the molecule is C[C@@H]1CN(CN2C(=O)/C(=C/c3ccco3)SC2=S)C[C@H](C)O1. The van der Waals surface area contributed by atoms with Crippen molar-refractivity contribution in [2.75, 3.05) is 19.8 Å². The minimum absolute atomic E-state index is 0.0572. The number of carbonyl (C=O) groups excluding carboxylic acids is 1. The van der Waals surface area contributed by atoms with E-state index < -0.39 is 0 Å². The number of hydrogen-bond donors (Lipinski definition) is 0. The smallest absolute Gasteiger partial charge is 0.267 e. The van der Waals surface area contributed by atoms with Crippen molar-refractivity contribution in [1.29, 1.82) is 0 Å². The van der Waals surface area contributed by atoms with Crippen LogP contribution in [0.4, 0.5) is 0 Å². The Labute approximate surface area is 139 Å². The molecule has 0 saturated carbocycles. The van der Waals surface area contributed by atoms with Crippen LogP contribution in [0.2, 0.25) is 0 Å². The van der Waals surface area contributed by atoms with Crippen LogP contribution >= 0.6 is 24.0 Å². The average Bonchev–Trinajstić information content (AvgIpc) is 3.03. The summed E-state index contributed by atoms with van der Waals surface area (Å²) in [7, 11) is 0. The van der Waals surface area contributed by atoms with E-state index in [0.717, 1.165) is 13.1 Å². The number of nitrogens with zero attached hydrogens (tertiary/aromatic N) is 2. The summed E-state index contributed by atoms with van der Waals surface area (Å²) in [6.45, 7) is 6.21. The van der Waals surface area contributed by atoms with Gasteiger partial charge in [-0.15, -0.1) is 0 Å². The van der Waals surface area contributed by atoms with E-state index in [0.29, 0.717) is 21.7 Å². The molecule has 2 atom stereocenters. The molecule has 1 aromatic heterocycles. The van der Waals surface area contributed by atoms with Crippen LogP contribution in [0.1, 0.15) is 19.6 Å². The van der Waals surface area contributed by atoms with Crippen molar-refractivity contribution >= 4 is 40.3 Å². The summed E-state index contributed by atoms with van der Waals surface area (Å²) in [5.74, 6) is 0.604. The molecule has 2 aliphatic rings. The average molecular weight is 338 g/mol. The molecule has 0 spiro atoms. The first kappa shape index (κ1) is 15.7. The van der Waals surface area contributed by atoms with Crippen LogP contribution in [-0.2, 0) is 9.53 Å². The van der Waals surface area contributed by atoms with Crippen LogP contribution < -0.4 is 0 Å². The summed E-state index contributed by atoms with van der Waals surface area (Å²) in [6, 6.07) is 3.61. The van der Waals surface area contributed by atoms with Crippen LogP contribution in [0.25, 0.3) is 6.08 Å². The molecular formula is C15H18N2O3S2. The minimum atomic E-state index is -0.0572. The Balaban J connectivity index is 1.69. The Morgan fingerprint density at radius 1 is 1.41 bits per heavy atom. The Morgan fingerprint density at radius 2 is 2.14 bits per heavy atom. The number of hydrogen-bond acceptors (Lipinski definition) is 6. The first-order valence-electron chi connectivity index (χ1n) is 7.19. The number of carbonyl (C=O) groups is 1. The van der Waals surface area contributed by atoms with E-state index in [2.05, 4.69) is 4.90 Å². The van der Waals surface area contributed by atoms with Crippen LogP contribution in [0.3, 0.4) is 0 Å². The second-order valence-electron chi connectivity index (χ2n) is 5.56. The normalized spacial score (nSPS) is 28.8. The van der Waals surface area contributed by atoms with E-state index in [1.54, 1.807) is 23.3 Å². The molecular weight excluding hydrogens is 320 g/mol. The van der Waals surface area contributed by atoms with Gasteiger partial charge in [-0.05, 0) is 26.0 Å². The molecule has 2 fully saturated rings. The fourth-order valence-corrected chi connectivity index (χ4v) is 3.95. The molecule has 5 nitrogen and oxygen atoms in total. The Kier molecular flexibility index (Phi) is 4.67. The highest BCUT2D eigenvalue weighted by molar-refractivity contribution is 8.26. The van der Waals surface area contributed by atoms with Crippen molar-refractivity contribution in [1.82, 2.24) is 9.80 Å². The van der Waals surface area contributed by atoms with Crippen molar-refractivity contribution in [3.63, 3.8) is 0 Å². The number of ether oxygens (including phenoxy) is 1. The molecule has 0 radical (unpaired) electrons. The molecule has 7 heteroatoms. The summed E-state index contributed by atoms with van der Waals surface area (Å²) in [5.41, 5.74) is 0. The van der Waals surface area contributed by atoms with Crippen molar-refractivity contribution in [2.24, 2.45) is 0 Å². The third kappa shape index (κ3) is 3.43. The highest BCUT2D eigenvalue weighted by atomic mass is 32.2. The van der Waals surface area contributed by atoms with Gasteiger partial charge in [0, 0.05) is 19.2 Å². The van der Waals surface area contributed by atoms with Gasteiger partial charge in [0.1, 0.15) is 10.1 Å². The second kappa shape index (κ2) is 6.54. The zero-order valence-electron chi connectivity index (χ0n) is 12.5. The topological polar surface area (TPSA) is 45.9 Å². The third-order valence-corrected chi connectivity index (χ3v) is 4.90. The largest absolute Gasteiger partial charge is 0.465 e. The van der Waals surface area contributed by atoms with Gasteiger partial charge in [-0.25, -0.2) is 0 Å². The lowest BCUT2D eigenvalue weighted by Crippen LogP contribution is -2.50. The zero-order chi connectivity index (χ0) is 15.7. The lowest BCUT2D eigenvalue weighted by atomic mass is 10.2. The fourth-order valence-electron chi connectivity index (χ4n) is 2.72. The van der Waals surface area contributed by atoms with Crippen LogP contribution in [-0.4, -0.2) is 52.0 Å². The molecule has 118 valence electrons. The summed E-state index contributed by atoms with van der Waals surface area (Å²) in [4.78, 5) is 17.0. The highest BCUT2D eigenvalue weighted by Gasteiger charge is 2.34. The first-order valence-corrected chi connectivity index (χ1v) is 8.42. The summed E-state index contributed by atoms with van der Waals surface area (Å²) in [5, 5.41) is 0. The Morgan fingerprint density at radius 3 is 2.77 bits per heavy atom. The summed E-state index contributed by atoms with van der Waals surface area (Å²) < 4.78 is 11.6. The van der Waals surface area contributed by atoms with Crippen molar-refractivity contribution in [3.05, 3.63) is 29.1 Å². The molecule has 0 N–H and O–H groups in total. The number of furan rings is 1. The molecule has 1 amide bonds. The summed E-state index contributed by atoms with van der Waals surface area (Å²) >= 11 is 6.68. The number of rotatable bonds is 3. The third-order valence-electron chi connectivity index (χ3n) is 3.53. The van der Waals surface area contributed by atoms with E-state index in [-0.39, 0.29) is 18.1 Å². The van der Waals surface area contributed by atoms with Gasteiger partial charge in [0.2, 0.25) is 0 Å². The van der Waals surface area contributed by atoms with Gasteiger partial charge in [-0.1, -0.05) is 24.0 Å². The molecule has 2 aliphatic heterocycles. The Bertz CT molecular complexity index is 590. The zero-order valence-corrected chi connectivity index (χ0v) is 14.2. The van der Waals surface area contributed by atoms with Crippen LogP contribution in [0, 0.1) is 0 Å². The molecule has 3 heterocycles. The standard InChI is InChI=1S/C15H18N2O3S2/c1-10-7-16(8-11(2)20-10)9-17-14(18)13(22-15(17)21)6-12-4-3-5-19-12/h3-6,10-11H,7-9H2,1-2H3/b13-6-/t10-,11+. The number of amides is 1. The molecule has 0 aliphatic carbocycles. The first-order chi connectivity index (χ1) is 10.5. The lowest BCUT2D eigenvalue weighted by Gasteiger charge is -2.36. The number of thiocarbonyl (C=S) groups is 1. The maximum absolute atomic E-state index is 12.5. The minimum Gasteiger partial charge on any atom is -0.465 e. The maximum atomic E-state index is 12.5. The van der Waals surface area contributed by atoms with Gasteiger partial charge in [-0.3, -0.25) is 14.6 Å². The van der Waals surface area contributed by atoms with Gasteiger partial charge in [0.15, 0.2) is 0 Å². The van der Waals surface area contributed by atoms with Gasteiger partial charge < -0.3 is 9.15 Å². The molecule has 0 bridgehead atoms. The summed E-state index contributed by atoms with van der Waals surface area (Å²) in [6.07, 6.45) is 3.66. The van der Waals surface area contributed by atoms with Gasteiger partial charge in [0.25, 0.3) is 5.91 Å². The fraction of sp³-hybridized carbons (Fsp3) is 0.467. The van der Waals surface area contributed by atoms with Crippen LogP contribution in [0.15, 0.2) is 27.7 Å². The molecule has 22 heavy (non-hydrogen) atoms. The van der Waals surface area contributed by atoms with Gasteiger partial charge in [-0.2, -0.15) is 0 Å². The lowest BCUT2D eigenvalue weighted by molar-refractivity contribution is -0.126. The van der Waals surface area contributed by atoms with Gasteiger partial charge >= 0.3 is 0 Å². The molecule has 3 rings (SSSR count). The second-order valence-corrected chi connectivity index (χ2v) is 7.24. The quantitative estimate of drug-likeness (QED) is 0.623. The van der Waals surface area contributed by atoms with E-state index in [9.17, 15) is 4.79 Å². The van der Waals surface area contributed by atoms with E-state index in [1.807, 2.05) is 19.9 Å². The predicted octanol–water partition coefficient (Wildman–Crippen LogP) is 2.55. The van der Waals surface area contributed by atoms with Crippen molar-refractivity contribution in [2.45, 2.75) is 26.1 Å². The highest BCUT2D eigenvalue weighted by Crippen LogP contribution is 2.33. The van der Waals surface area contributed by atoms with E-state index in [4.69, 9.17) is 21.4 Å². The van der Waals surface area contributed by atoms with Gasteiger partial charge in [0.05, 0.1) is 30.0 Å². The monoisotopic (exact) mass is 338 g/mol. The molecule has 0 aromatic carbocycles. The molecule has 0 unspecified atom stereocenters. The van der Waals surface area contributed by atoms with Crippen LogP contribution in [0.5, 0.6) is 0 Å². The predicted molar refractivity (Wildman–Crippen MR) is 90.2 cm³/mol. The van der Waals surface area contributed by atoms with Crippen molar-refractivity contribution in [3.8, 4) is 0 Å².